The number of halogens is 1. The monoisotopic (exact) mass is 280 g/mol. The van der Waals surface area contributed by atoms with E-state index in [1.165, 1.54) is 5.56 Å². The van der Waals surface area contributed by atoms with Gasteiger partial charge in [-0.2, -0.15) is 0 Å². The van der Waals surface area contributed by atoms with Gasteiger partial charge in [0.05, 0.1) is 12.3 Å². The van der Waals surface area contributed by atoms with Crippen LogP contribution in [0.2, 0.25) is 0 Å². The summed E-state index contributed by atoms with van der Waals surface area (Å²) in [5.74, 6) is 6.37. The van der Waals surface area contributed by atoms with Crippen molar-refractivity contribution in [2.24, 2.45) is 5.84 Å². The first kappa shape index (κ1) is 11.4. The van der Waals surface area contributed by atoms with Crippen LogP contribution in [0.4, 0.5) is 0 Å². The van der Waals surface area contributed by atoms with Crippen LogP contribution in [-0.4, -0.2) is 0 Å². The molecule has 16 heavy (non-hydrogen) atoms. The average Bonchev–Trinajstić information content (AvgIpc) is 2.82. The van der Waals surface area contributed by atoms with Crippen molar-refractivity contribution < 1.29 is 4.42 Å². The Balaban J connectivity index is 2.10. The minimum absolute atomic E-state index is 0.0103. The molecule has 2 aromatic rings. The number of hydrogen-bond donors (Lipinski definition) is 2. The first-order valence-corrected chi connectivity index (χ1v) is 5.83. The molecule has 0 amide bonds. The molecule has 0 bridgehead atoms. The fourth-order valence-electron chi connectivity index (χ4n) is 1.59. The van der Waals surface area contributed by atoms with Crippen molar-refractivity contribution in [2.45, 2.75) is 12.5 Å². The second-order valence-corrected chi connectivity index (χ2v) is 4.48. The van der Waals surface area contributed by atoms with E-state index in [1.54, 1.807) is 6.26 Å². The first-order valence-electron chi connectivity index (χ1n) is 5.03. The summed E-state index contributed by atoms with van der Waals surface area (Å²) in [7, 11) is 0. The Labute approximate surface area is 103 Å². The molecule has 0 aliphatic carbocycles. The standard InChI is InChI=1S/C12H13BrN2O/c13-10-5-3-9(4-6-10)8-11(15-14)12-2-1-7-16-12/h1-7,11,15H,8,14H2. The highest BCUT2D eigenvalue weighted by atomic mass is 79.9. The fourth-order valence-corrected chi connectivity index (χ4v) is 1.85. The molecule has 0 spiro atoms. The molecule has 1 unspecified atom stereocenters. The number of hydrazine groups is 1. The van der Waals surface area contributed by atoms with E-state index < -0.39 is 0 Å². The Morgan fingerprint density at radius 3 is 2.56 bits per heavy atom. The molecular formula is C12H13BrN2O. The van der Waals surface area contributed by atoms with E-state index in [1.807, 2.05) is 24.3 Å². The van der Waals surface area contributed by atoms with Crippen LogP contribution < -0.4 is 11.3 Å². The lowest BCUT2D eigenvalue weighted by molar-refractivity contribution is 0.416. The number of hydrogen-bond acceptors (Lipinski definition) is 3. The van der Waals surface area contributed by atoms with E-state index >= 15 is 0 Å². The number of nitrogens with one attached hydrogen (secondary N) is 1. The van der Waals surface area contributed by atoms with Gasteiger partial charge in [0.2, 0.25) is 0 Å². The van der Waals surface area contributed by atoms with Gasteiger partial charge in [-0.15, -0.1) is 0 Å². The van der Waals surface area contributed by atoms with Gasteiger partial charge in [-0.3, -0.25) is 5.84 Å². The second-order valence-electron chi connectivity index (χ2n) is 3.57. The zero-order chi connectivity index (χ0) is 11.4. The zero-order valence-corrected chi connectivity index (χ0v) is 10.3. The first-order chi connectivity index (χ1) is 7.79. The summed E-state index contributed by atoms with van der Waals surface area (Å²) < 4.78 is 6.41. The van der Waals surface area contributed by atoms with Crippen molar-refractivity contribution in [1.82, 2.24) is 5.43 Å². The summed E-state index contributed by atoms with van der Waals surface area (Å²) in [6.07, 6.45) is 2.46. The van der Waals surface area contributed by atoms with Crippen LogP contribution in [0.25, 0.3) is 0 Å². The summed E-state index contributed by atoms with van der Waals surface area (Å²) in [4.78, 5) is 0. The smallest absolute Gasteiger partial charge is 0.122 e. The number of nitrogens with two attached hydrogens (primary N) is 1. The SMILES string of the molecule is NNC(Cc1ccc(Br)cc1)c1ccco1. The molecule has 4 heteroatoms. The van der Waals surface area contributed by atoms with Crippen molar-refractivity contribution in [3.63, 3.8) is 0 Å². The summed E-state index contributed by atoms with van der Waals surface area (Å²) in [6, 6.07) is 12.0. The summed E-state index contributed by atoms with van der Waals surface area (Å²) >= 11 is 3.41. The molecule has 1 atom stereocenters. The highest BCUT2D eigenvalue weighted by Crippen LogP contribution is 2.19. The van der Waals surface area contributed by atoms with E-state index in [0.29, 0.717) is 0 Å². The van der Waals surface area contributed by atoms with E-state index in [-0.39, 0.29) is 6.04 Å². The molecule has 1 aromatic heterocycles. The predicted molar refractivity (Wildman–Crippen MR) is 66.6 cm³/mol. The molecule has 0 fully saturated rings. The number of rotatable bonds is 4. The van der Waals surface area contributed by atoms with E-state index in [9.17, 15) is 0 Å². The second kappa shape index (κ2) is 5.30. The van der Waals surface area contributed by atoms with Gasteiger partial charge in [0, 0.05) is 4.47 Å². The molecule has 0 saturated carbocycles. The number of furan rings is 1. The third-order valence-electron chi connectivity index (χ3n) is 2.44. The highest BCUT2D eigenvalue weighted by Gasteiger charge is 2.12. The van der Waals surface area contributed by atoms with Crippen LogP contribution in [0.1, 0.15) is 17.4 Å². The maximum atomic E-state index is 5.52. The van der Waals surface area contributed by atoms with Gasteiger partial charge in [-0.1, -0.05) is 28.1 Å². The molecule has 1 aromatic carbocycles. The Morgan fingerprint density at radius 1 is 1.25 bits per heavy atom. The number of benzene rings is 1. The summed E-state index contributed by atoms with van der Waals surface area (Å²) in [5, 5.41) is 0. The average molecular weight is 281 g/mol. The highest BCUT2D eigenvalue weighted by molar-refractivity contribution is 9.10. The van der Waals surface area contributed by atoms with Crippen LogP contribution in [0, 0.1) is 0 Å². The molecule has 1 heterocycles. The van der Waals surface area contributed by atoms with Gasteiger partial charge >= 0.3 is 0 Å². The van der Waals surface area contributed by atoms with Crippen molar-refractivity contribution >= 4 is 15.9 Å². The van der Waals surface area contributed by atoms with Crippen molar-refractivity contribution in [2.75, 3.05) is 0 Å². The van der Waals surface area contributed by atoms with Crippen molar-refractivity contribution in [3.05, 3.63) is 58.5 Å². The van der Waals surface area contributed by atoms with Gasteiger partial charge in [0.1, 0.15) is 5.76 Å². The topological polar surface area (TPSA) is 51.2 Å². The van der Waals surface area contributed by atoms with E-state index in [4.69, 9.17) is 10.3 Å². The third-order valence-corrected chi connectivity index (χ3v) is 2.97. The summed E-state index contributed by atoms with van der Waals surface area (Å²) in [6.45, 7) is 0. The Hall–Kier alpha value is -1.10. The fraction of sp³-hybridized carbons (Fsp3) is 0.167. The van der Waals surface area contributed by atoms with Crippen LogP contribution in [0.5, 0.6) is 0 Å². The lowest BCUT2D eigenvalue weighted by atomic mass is 10.0. The van der Waals surface area contributed by atoms with Gasteiger partial charge in [-0.25, -0.2) is 5.43 Å². The van der Waals surface area contributed by atoms with E-state index in [2.05, 4.69) is 33.5 Å². The van der Waals surface area contributed by atoms with Crippen molar-refractivity contribution in [1.29, 1.82) is 0 Å². The van der Waals surface area contributed by atoms with Crippen LogP contribution >= 0.6 is 15.9 Å². The van der Waals surface area contributed by atoms with Gasteiger partial charge in [-0.05, 0) is 36.2 Å². The normalized spacial score (nSPS) is 12.6. The zero-order valence-electron chi connectivity index (χ0n) is 8.69. The van der Waals surface area contributed by atoms with Crippen LogP contribution in [0.3, 0.4) is 0 Å². The minimum atomic E-state index is 0.0103. The molecule has 3 nitrogen and oxygen atoms in total. The third kappa shape index (κ3) is 2.72. The Kier molecular flexibility index (Phi) is 3.77. The minimum Gasteiger partial charge on any atom is -0.468 e. The van der Waals surface area contributed by atoms with Gasteiger partial charge in [0.15, 0.2) is 0 Å². The lowest BCUT2D eigenvalue weighted by Crippen LogP contribution is -2.29. The van der Waals surface area contributed by atoms with Gasteiger partial charge < -0.3 is 4.42 Å². The van der Waals surface area contributed by atoms with Crippen LogP contribution in [-0.2, 0) is 6.42 Å². The molecule has 0 aliphatic rings. The Bertz CT molecular complexity index is 425. The van der Waals surface area contributed by atoms with E-state index in [0.717, 1.165) is 16.7 Å². The molecule has 3 N–H and O–H groups in total. The Morgan fingerprint density at radius 2 is 2.00 bits per heavy atom. The predicted octanol–water partition coefficient (Wildman–Crippen LogP) is 2.79. The summed E-state index contributed by atoms with van der Waals surface area (Å²) in [5.41, 5.74) is 3.97. The quantitative estimate of drug-likeness (QED) is 0.669. The largest absolute Gasteiger partial charge is 0.468 e. The van der Waals surface area contributed by atoms with Gasteiger partial charge in [0.25, 0.3) is 0 Å². The maximum absolute atomic E-state index is 5.52. The maximum Gasteiger partial charge on any atom is 0.122 e. The molecule has 0 radical (unpaired) electrons. The van der Waals surface area contributed by atoms with Crippen LogP contribution in [0.15, 0.2) is 51.6 Å². The van der Waals surface area contributed by atoms with Crippen molar-refractivity contribution in [3.8, 4) is 0 Å². The molecule has 2 rings (SSSR count). The molecular weight excluding hydrogens is 268 g/mol. The molecule has 0 saturated heterocycles. The lowest BCUT2D eigenvalue weighted by Gasteiger charge is -2.13. The molecule has 0 aliphatic heterocycles. The molecule has 84 valence electrons.